The van der Waals surface area contributed by atoms with Gasteiger partial charge < -0.3 is 10.6 Å². The molecule has 2 N–H and O–H groups in total. The molecule has 0 saturated carbocycles. The van der Waals surface area contributed by atoms with Crippen molar-refractivity contribution in [1.82, 2.24) is 5.32 Å². The highest BCUT2D eigenvalue weighted by molar-refractivity contribution is 14.1. The molecule has 5 heteroatoms. The molecule has 0 heterocycles. The van der Waals surface area contributed by atoms with E-state index in [1.165, 1.54) is 17.3 Å². The number of nitrogens with one attached hydrogen (secondary N) is 2. The lowest BCUT2D eigenvalue weighted by Gasteiger charge is -2.08. The molecule has 0 aromatic heterocycles. The van der Waals surface area contributed by atoms with Crippen molar-refractivity contribution < 1.29 is 4.79 Å². The first-order valence-corrected chi connectivity index (χ1v) is 9.04. The quantitative estimate of drug-likeness (QED) is 0.305. The Bertz CT molecular complexity index is 820. The lowest BCUT2D eigenvalue weighted by atomic mass is 10.1. The van der Waals surface area contributed by atoms with Crippen LogP contribution in [-0.4, -0.2) is 12.5 Å². The Balaban J connectivity index is 1.91. The second-order valence-electron chi connectivity index (χ2n) is 5.77. The maximum atomic E-state index is 12.2. The molecule has 0 atom stereocenters. The smallest absolute Gasteiger partial charge is 0.267 e. The van der Waals surface area contributed by atoms with Crippen LogP contribution in [0.5, 0.6) is 0 Å². The van der Waals surface area contributed by atoms with Gasteiger partial charge in [0, 0.05) is 22.0 Å². The predicted octanol–water partition coefficient (Wildman–Crippen LogP) is 4.09. The molecule has 0 aliphatic carbocycles. The molecule has 2 rings (SSSR count). The van der Waals surface area contributed by atoms with Crippen molar-refractivity contribution in [1.29, 1.82) is 5.26 Å². The second kappa shape index (κ2) is 9.23. The van der Waals surface area contributed by atoms with Gasteiger partial charge in [0.1, 0.15) is 11.6 Å². The van der Waals surface area contributed by atoms with Crippen molar-refractivity contribution in [3.05, 3.63) is 74.5 Å². The first-order valence-electron chi connectivity index (χ1n) is 7.96. The number of benzene rings is 2. The summed E-state index contributed by atoms with van der Waals surface area (Å²) >= 11 is 2.22. The van der Waals surface area contributed by atoms with Gasteiger partial charge in [-0.2, -0.15) is 5.26 Å². The summed E-state index contributed by atoms with van der Waals surface area (Å²) in [7, 11) is 0. The number of carbonyl (C=O) groups excluding carboxylic acids is 1. The van der Waals surface area contributed by atoms with Gasteiger partial charge in [-0.25, -0.2) is 0 Å². The highest BCUT2D eigenvalue weighted by Gasteiger charge is 2.10. The van der Waals surface area contributed by atoms with E-state index in [0.29, 0.717) is 12.2 Å². The van der Waals surface area contributed by atoms with Crippen molar-refractivity contribution in [2.24, 2.45) is 0 Å². The topological polar surface area (TPSA) is 64.9 Å². The zero-order valence-electron chi connectivity index (χ0n) is 14.3. The van der Waals surface area contributed by atoms with Gasteiger partial charge in [-0.15, -0.1) is 0 Å². The summed E-state index contributed by atoms with van der Waals surface area (Å²) < 4.78 is 1.10. The average Bonchev–Trinajstić information content (AvgIpc) is 2.59. The Morgan fingerprint density at radius 3 is 2.56 bits per heavy atom. The molecule has 0 radical (unpaired) electrons. The SMILES string of the molecule is Cc1ccc(CCN/C=C(/C#N)C(=O)Nc2ccc(I)cc2C)cc1. The summed E-state index contributed by atoms with van der Waals surface area (Å²) in [6.07, 6.45) is 2.30. The number of halogens is 1. The molecule has 0 aliphatic heterocycles. The summed E-state index contributed by atoms with van der Waals surface area (Å²) in [5.74, 6) is -0.408. The van der Waals surface area contributed by atoms with Crippen molar-refractivity contribution in [2.45, 2.75) is 20.3 Å². The summed E-state index contributed by atoms with van der Waals surface area (Å²) in [6, 6.07) is 16.0. The molecule has 2 aromatic rings. The van der Waals surface area contributed by atoms with Crippen LogP contribution in [0.15, 0.2) is 54.2 Å². The standard InChI is InChI=1S/C20H20IN3O/c1-14-3-5-16(6-4-14)9-10-23-13-17(12-22)20(25)24-19-8-7-18(21)11-15(19)2/h3-8,11,13,23H,9-10H2,1-2H3,(H,24,25)/b17-13-. The third-order valence-electron chi connectivity index (χ3n) is 3.73. The van der Waals surface area contributed by atoms with E-state index in [1.807, 2.05) is 31.2 Å². The van der Waals surface area contributed by atoms with Crippen LogP contribution in [0.4, 0.5) is 5.69 Å². The van der Waals surface area contributed by atoms with Gasteiger partial charge in [0.2, 0.25) is 0 Å². The molecule has 25 heavy (non-hydrogen) atoms. The van der Waals surface area contributed by atoms with Crippen LogP contribution in [0.25, 0.3) is 0 Å². The first kappa shape index (κ1) is 19.0. The molecule has 4 nitrogen and oxygen atoms in total. The normalized spacial score (nSPS) is 10.9. The number of amides is 1. The van der Waals surface area contributed by atoms with E-state index in [1.54, 1.807) is 0 Å². The summed E-state index contributed by atoms with van der Waals surface area (Å²) in [5, 5.41) is 15.0. The van der Waals surface area contributed by atoms with Crippen LogP contribution in [-0.2, 0) is 11.2 Å². The minimum Gasteiger partial charge on any atom is -0.389 e. The number of anilines is 1. The third kappa shape index (κ3) is 5.91. The lowest BCUT2D eigenvalue weighted by Crippen LogP contribution is -2.18. The Morgan fingerprint density at radius 2 is 1.92 bits per heavy atom. The number of hydrogen-bond donors (Lipinski definition) is 2. The Morgan fingerprint density at radius 1 is 1.20 bits per heavy atom. The van der Waals surface area contributed by atoms with Crippen LogP contribution in [0, 0.1) is 28.7 Å². The molecule has 0 fully saturated rings. The van der Waals surface area contributed by atoms with E-state index in [-0.39, 0.29) is 5.57 Å². The van der Waals surface area contributed by atoms with Gasteiger partial charge >= 0.3 is 0 Å². The number of carbonyl (C=O) groups is 1. The van der Waals surface area contributed by atoms with Crippen LogP contribution >= 0.6 is 22.6 Å². The van der Waals surface area contributed by atoms with E-state index in [4.69, 9.17) is 0 Å². The molecule has 2 aromatic carbocycles. The zero-order valence-corrected chi connectivity index (χ0v) is 16.4. The van der Waals surface area contributed by atoms with E-state index >= 15 is 0 Å². The number of nitriles is 1. The van der Waals surface area contributed by atoms with E-state index in [0.717, 1.165) is 15.6 Å². The minimum atomic E-state index is -0.408. The molecular weight excluding hydrogens is 425 g/mol. The van der Waals surface area contributed by atoms with Crippen LogP contribution < -0.4 is 10.6 Å². The summed E-state index contributed by atoms with van der Waals surface area (Å²) in [5.41, 5.74) is 4.17. The van der Waals surface area contributed by atoms with E-state index < -0.39 is 5.91 Å². The Hall–Kier alpha value is -2.33. The fourth-order valence-electron chi connectivity index (χ4n) is 2.25. The Labute approximate surface area is 162 Å². The fourth-order valence-corrected chi connectivity index (χ4v) is 2.90. The Kier molecular flexibility index (Phi) is 7.02. The number of hydrogen-bond acceptors (Lipinski definition) is 3. The monoisotopic (exact) mass is 445 g/mol. The largest absolute Gasteiger partial charge is 0.389 e. The molecule has 1 amide bonds. The summed E-state index contributed by atoms with van der Waals surface area (Å²) in [6.45, 7) is 4.63. The maximum absolute atomic E-state index is 12.2. The van der Waals surface area contributed by atoms with Gasteiger partial charge in [-0.05, 0) is 72.2 Å². The first-order chi connectivity index (χ1) is 12.0. The van der Waals surface area contributed by atoms with Crippen LogP contribution in [0.1, 0.15) is 16.7 Å². The van der Waals surface area contributed by atoms with Crippen LogP contribution in [0.3, 0.4) is 0 Å². The molecule has 0 unspecified atom stereocenters. The van der Waals surface area contributed by atoms with Crippen LogP contribution in [0.2, 0.25) is 0 Å². The molecular formula is C20H20IN3O. The van der Waals surface area contributed by atoms with E-state index in [9.17, 15) is 10.1 Å². The number of nitrogens with zero attached hydrogens (tertiary/aromatic N) is 1. The van der Waals surface area contributed by atoms with Gasteiger partial charge in [-0.3, -0.25) is 4.79 Å². The van der Waals surface area contributed by atoms with Crippen molar-refractivity contribution in [2.75, 3.05) is 11.9 Å². The summed E-state index contributed by atoms with van der Waals surface area (Å²) in [4.78, 5) is 12.2. The second-order valence-corrected chi connectivity index (χ2v) is 7.02. The van der Waals surface area contributed by atoms with Gasteiger partial charge in [0.15, 0.2) is 0 Å². The van der Waals surface area contributed by atoms with Gasteiger partial charge in [0.25, 0.3) is 5.91 Å². The molecule has 0 spiro atoms. The minimum absolute atomic E-state index is 0.0573. The van der Waals surface area contributed by atoms with Crippen molar-refractivity contribution >= 4 is 34.2 Å². The average molecular weight is 445 g/mol. The van der Waals surface area contributed by atoms with E-state index in [2.05, 4.69) is 64.4 Å². The highest BCUT2D eigenvalue weighted by Crippen LogP contribution is 2.18. The number of aryl methyl sites for hydroxylation is 2. The maximum Gasteiger partial charge on any atom is 0.267 e. The fraction of sp³-hybridized carbons (Fsp3) is 0.200. The highest BCUT2D eigenvalue weighted by atomic mass is 127. The van der Waals surface area contributed by atoms with Crippen molar-refractivity contribution in [3.8, 4) is 6.07 Å². The predicted molar refractivity (Wildman–Crippen MR) is 109 cm³/mol. The molecule has 128 valence electrons. The van der Waals surface area contributed by atoms with Gasteiger partial charge in [-0.1, -0.05) is 29.8 Å². The zero-order chi connectivity index (χ0) is 18.2. The lowest BCUT2D eigenvalue weighted by molar-refractivity contribution is -0.112. The van der Waals surface area contributed by atoms with Gasteiger partial charge in [0.05, 0.1) is 0 Å². The number of rotatable bonds is 6. The van der Waals surface area contributed by atoms with Crippen molar-refractivity contribution in [3.63, 3.8) is 0 Å². The third-order valence-corrected chi connectivity index (χ3v) is 4.40. The molecule has 0 bridgehead atoms. The molecule has 0 saturated heterocycles. The molecule has 0 aliphatic rings.